The van der Waals surface area contributed by atoms with Crippen molar-refractivity contribution in [3.05, 3.63) is 107 Å². The highest BCUT2D eigenvalue weighted by Crippen LogP contribution is 2.39. The number of nitrogens with zero attached hydrogens (tertiary/aromatic N) is 2. The smallest absolute Gasteiger partial charge is 0.147 e. The standard InChI is InChI=1S/C32H28N2S/c1-20(2)24-14-15-30-26(18-24)27(19-35-30)32-33-28-12-8-9-13-29(28)34(32)25-16-21(3)31(22(4)17-25)23-10-6-5-7-11-23/h5-20H,1-4H3. The zero-order valence-corrected chi connectivity index (χ0v) is 21.4. The van der Waals surface area contributed by atoms with Gasteiger partial charge in [-0.25, -0.2) is 4.98 Å². The van der Waals surface area contributed by atoms with Crippen LogP contribution in [-0.4, -0.2) is 9.55 Å². The Morgan fingerprint density at radius 1 is 0.800 bits per heavy atom. The molecule has 35 heavy (non-hydrogen) atoms. The Hall–Kier alpha value is -3.69. The van der Waals surface area contributed by atoms with E-state index in [1.54, 1.807) is 11.3 Å². The molecule has 0 bridgehead atoms. The van der Waals surface area contributed by atoms with Crippen LogP contribution in [0.15, 0.2) is 90.3 Å². The van der Waals surface area contributed by atoms with Crippen molar-refractivity contribution in [3.8, 4) is 28.2 Å². The lowest BCUT2D eigenvalue weighted by Gasteiger charge is -2.16. The van der Waals surface area contributed by atoms with Gasteiger partial charge >= 0.3 is 0 Å². The molecule has 0 amide bonds. The van der Waals surface area contributed by atoms with Crippen molar-refractivity contribution in [2.24, 2.45) is 0 Å². The van der Waals surface area contributed by atoms with E-state index in [4.69, 9.17) is 4.98 Å². The Balaban J connectivity index is 1.61. The van der Waals surface area contributed by atoms with Crippen molar-refractivity contribution in [1.29, 1.82) is 0 Å². The van der Waals surface area contributed by atoms with Gasteiger partial charge in [0, 0.05) is 26.7 Å². The predicted octanol–water partition coefficient (Wildman–Crippen LogP) is 9.31. The lowest BCUT2D eigenvalue weighted by atomic mass is 9.95. The summed E-state index contributed by atoms with van der Waals surface area (Å²) < 4.78 is 3.64. The van der Waals surface area contributed by atoms with Gasteiger partial charge in [0.1, 0.15) is 5.82 Å². The normalized spacial score (nSPS) is 11.7. The number of fused-ring (bicyclic) bond motifs is 2. The fourth-order valence-corrected chi connectivity index (χ4v) is 6.10. The summed E-state index contributed by atoms with van der Waals surface area (Å²) in [7, 11) is 0. The topological polar surface area (TPSA) is 17.8 Å². The maximum Gasteiger partial charge on any atom is 0.147 e. The summed E-state index contributed by atoms with van der Waals surface area (Å²) in [5, 5.41) is 3.55. The van der Waals surface area contributed by atoms with E-state index >= 15 is 0 Å². The van der Waals surface area contributed by atoms with Crippen LogP contribution in [0.5, 0.6) is 0 Å². The molecule has 0 aliphatic rings. The molecule has 0 unspecified atom stereocenters. The minimum absolute atomic E-state index is 0.488. The van der Waals surface area contributed by atoms with E-state index in [0.717, 1.165) is 22.5 Å². The lowest BCUT2D eigenvalue weighted by Crippen LogP contribution is -2.00. The molecular formula is C32H28N2S. The molecule has 6 aromatic rings. The molecule has 0 radical (unpaired) electrons. The van der Waals surface area contributed by atoms with Crippen LogP contribution in [0.4, 0.5) is 0 Å². The first-order valence-electron chi connectivity index (χ1n) is 12.2. The quantitative estimate of drug-likeness (QED) is 0.250. The summed E-state index contributed by atoms with van der Waals surface area (Å²) in [6, 6.07) is 30.6. The molecule has 2 aromatic heterocycles. The van der Waals surface area contributed by atoms with Crippen LogP contribution >= 0.6 is 11.3 Å². The van der Waals surface area contributed by atoms with E-state index in [1.165, 1.54) is 43.5 Å². The highest BCUT2D eigenvalue weighted by atomic mass is 32.1. The molecule has 0 aliphatic carbocycles. The molecular weight excluding hydrogens is 444 g/mol. The van der Waals surface area contributed by atoms with Crippen molar-refractivity contribution in [3.63, 3.8) is 0 Å². The molecule has 172 valence electrons. The van der Waals surface area contributed by atoms with E-state index in [9.17, 15) is 0 Å². The SMILES string of the molecule is Cc1cc(-n2c(-c3csc4ccc(C(C)C)cc34)nc3ccccc32)cc(C)c1-c1ccccc1. The largest absolute Gasteiger partial charge is 0.292 e. The van der Waals surface area contributed by atoms with Gasteiger partial charge in [-0.15, -0.1) is 11.3 Å². The minimum atomic E-state index is 0.488. The van der Waals surface area contributed by atoms with Gasteiger partial charge in [-0.1, -0.05) is 62.4 Å². The number of benzene rings is 4. The molecule has 0 fully saturated rings. The van der Waals surface area contributed by atoms with Gasteiger partial charge in [0.05, 0.1) is 11.0 Å². The van der Waals surface area contributed by atoms with E-state index in [-0.39, 0.29) is 0 Å². The third-order valence-corrected chi connectivity index (χ3v) is 7.87. The molecule has 3 heteroatoms. The summed E-state index contributed by atoms with van der Waals surface area (Å²) in [6.45, 7) is 8.93. The average Bonchev–Trinajstić information content (AvgIpc) is 3.45. The summed E-state index contributed by atoms with van der Waals surface area (Å²) >= 11 is 1.80. The number of aromatic nitrogens is 2. The Morgan fingerprint density at radius 3 is 2.26 bits per heavy atom. The number of imidazole rings is 1. The monoisotopic (exact) mass is 472 g/mol. The molecule has 6 rings (SSSR count). The number of hydrogen-bond donors (Lipinski definition) is 0. The van der Waals surface area contributed by atoms with Crippen LogP contribution in [0.2, 0.25) is 0 Å². The first kappa shape index (κ1) is 21.8. The van der Waals surface area contributed by atoms with Gasteiger partial charge in [0.25, 0.3) is 0 Å². The summed E-state index contributed by atoms with van der Waals surface area (Å²) in [4.78, 5) is 5.17. The number of rotatable bonds is 4. The van der Waals surface area contributed by atoms with Crippen molar-refractivity contribution in [2.45, 2.75) is 33.6 Å². The third-order valence-electron chi connectivity index (χ3n) is 6.90. The number of hydrogen-bond acceptors (Lipinski definition) is 2. The van der Waals surface area contributed by atoms with E-state index < -0.39 is 0 Å². The minimum Gasteiger partial charge on any atom is -0.292 e. The molecule has 0 atom stereocenters. The van der Waals surface area contributed by atoms with Gasteiger partial charge < -0.3 is 0 Å². The van der Waals surface area contributed by atoms with Gasteiger partial charge in [0.2, 0.25) is 0 Å². The molecule has 2 nitrogen and oxygen atoms in total. The Labute approximate surface area is 210 Å². The second-order valence-corrected chi connectivity index (χ2v) is 10.6. The van der Waals surface area contributed by atoms with Crippen LogP contribution in [0.1, 0.15) is 36.5 Å². The van der Waals surface area contributed by atoms with Crippen molar-refractivity contribution >= 4 is 32.5 Å². The highest BCUT2D eigenvalue weighted by Gasteiger charge is 2.19. The van der Waals surface area contributed by atoms with Gasteiger partial charge in [0.15, 0.2) is 0 Å². The maximum atomic E-state index is 5.17. The van der Waals surface area contributed by atoms with Crippen LogP contribution in [0.25, 0.3) is 49.3 Å². The van der Waals surface area contributed by atoms with Crippen molar-refractivity contribution < 1.29 is 0 Å². The second-order valence-electron chi connectivity index (χ2n) is 9.64. The first-order chi connectivity index (χ1) is 17.0. The molecule has 0 spiro atoms. The Morgan fingerprint density at radius 2 is 1.51 bits per heavy atom. The molecule has 0 saturated carbocycles. The van der Waals surface area contributed by atoms with Gasteiger partial charge in [-0.2, -0.15) is 0 Å². The van der Waals surface area contributed by atoms with Crippen molar-refractivity contribution in [2.75, 3.05) is 0 Å². The van der Waals surface area contributed by atoms with Crippen LogP contribution in [-0.2, 0) is 0 Å². The second kappa shape index (κ2) is 8.51. The highest BCUT2D eigenvalue weighted by molar-refractivity contribution is 7.17. The van der Waals surface area contributed by atoms with Gasteiger partial charge in [-0.3, -0.25) is 4.57 Å². The number of aryl methyl sites for hydroxylation is 2. The zero-order valence-electron chi connectivity index (χ0n) is 20.5. The third kappa shape index (κ3) is 3.67. The van der Waals surface area contributed by atoms with E-state index in [1.807, 2.05) is 0 Å². The van der Waals surface area contributed by atoms with E-state index in [2.05, 4.69) is 123 Å². The number of thiophene rings is 1. The zero-order chi connectivity index (χ0) is 24.1. The molecule has 2 heterocycles. The van der Waals surface area contributed by atoms with Gasteiger partial charge in [-0.05, 0) is 84.0 Å². The lowest BCUT2D eigenvalue weighted by molar-refractivity contribution is 0.869. The van der Waals surface area contributed by atoms with E-state index in [0.29, 0.717) is 5.92 Å². The summed E-state index contributed by atoms with van der Waals surface area (Å²) in [5.74, 6) is 1.49. The Bertz CT molecular complexity index is 1660. The fraction of sp³-hybridized carbons (Fsp3) is 0.156. The van der Waals surface area contributed by atoms with Crippen LogP contribution < -0.4 is 0 Å². The fourth-order valence-electron chi connectivity index (χ4n) is 5.18. The van der Waals surface area contributed by atoms with Crippen LogP contribution in [0.3, 0.4) is 0 Å². The Kier molecular flexibility index (Phi) is 5.31. The summed E-state index contributed by atoms with van der Waals surface area (Å²) in [5.41, 5.74) is 11.0. The van der Waals surface area contributed by atoms with Crippen molar-refractivity contribution in [1.82, 2.24) is 9.55 Å². The van der Waals surface area contributed by atoms with Crippen LogP contribution in [0, 0.1) is 13.8 Å². The first-order valence-corrected chi connectivity index (χ1v) is 13.1. The molecule has 0 aliphatic heterocycles. The summed E-state index contributed by atoms with van der Waals surface area (Å²) in [6.07, 6.45) is 0. The molecule has 0 saturated heterocycles. The number of para-hydroxylation sites is 2. The molecule has 0 N–H and O–H groups in total. The average molecular weight is 473 g/mol. The molecule has 4 aromatic carbocycles. The predicted molar refractivity (Wildman–Crippen MR) is 151 cm³/mol. The maximum absolute atomic E-state index is 5.17.